The van der Waals surface area contributed by atoms with Crippen molar-refractivity contribution in [1.29, 1.82) is 0 Å². The quantitative estimate of drug-likeness (QED) is 0.645. The number of carbonyl (C=O) groups is 2. The third kappa shape index (κ3) is 3.39. The SMILES string of the molecule is O=C(C1CC(=O)N(c2ccccc2F)C1)N1CCN(c2nc3cccnc3s2)CC1. The number of hydrogen-bond donors (Lipinski definition) is 0. The van der Waals surface area contributed by atoms with E-state index < -0.39 is 11.7 Å². The van der Waals surface area contributed by atoms with Crippen LogP contribution in [-0.4, -0.2) is 59.4 Å². The normalized spacial score (nSPS) is 19.7. The average Bonchev–Trinajstić information content (AvgIpc) is 3.37. The van der Waals surface area contributed by atoms with Crippen LogP contribution in [0.25, 0.3) is 10.3 Å². The van der Waals surface area contributed by atoms with Gasteiger partial charge in [-0.25, -0.2) is 14.4 Å². The average molecular weight is 425 g/mol. The lowest BCUT2D eigenvalue weighted by Gasteiger charge is -2.35. The Balaban J connectivity index is 1.23. The standard InChI is InChI=1S/C21H20FN5O2S/c22-15-4-1-2-6-17(15)27-13-14(12-18(27)28)20(29)25-8-10-26(11-9-25)21-24-16-5-3-7-23-19(16)30-21/h1-7,14H,8-13H2. The van der Waals surface area contributed by atoms with E-state index in [-0.39, 0.29) is 30.5 Å². The van der Waals surface area contributed by atoms with E-state index in [1.165, 1.54) is 11.0 Å². The number of aromatic nitrogens is 2. The van der Waals surface area contributed by atoms with Gasteiger partial charge in [-0.3, -0.25) is 9.59 Å². The number of hydrogen-bond acceptors (Lipinski definition) is 6. The molecule has 3 aromatic rings. The first-order valence-electron chi connectivity index (χ1n) is 9.90. The summed E-state index contributed by atoms with van der Waals surface area (Å²) in [4.78, 5) is 40.7. The van der Waals surface area contributed by atoms with E-state index in [0.29, 0.717) is 26.2 Å². The molecule has 0 radical (unpaired) electrons. The number of fused-ring (bicyclic) bond motifs is 1. The fourth-order valence-electron chi connectivity index (χ4n) is 4.05. The number of para-hydroxylation sites is 1. The van der Waals surface area contributed by atoms with Gasteiger partial charge in [-0.15, -0.1) is 0 Å². The molecule has 0 saturated carbocycles. The molecule has 1 unspecified atom stereocenters. The molecule has 2 aliphatic rings. The molecule has 5 rings (SSSR count). The second kappa shape index (κ2) is 7.64. The predicted molar refractivity (Wildman–Crippen MR) is 113 cm³/mol. The van der Waals surface area contributed by atoms with Crippen LogP contribution in [0, 0.1) is 11.7 Å². The first-order chi connectivity index (χ1) is 14.6. The fraction of sp³-hybridized carbons (Fsp3) is 0.333. The summed E-state index contributed by atoms with van der Waals surface area (Å²) in [7, 11) is 0. The predicted octanol–water partition coefficient (Wildman–Crippen LogP) is 2.53. The second-order valence-electron chi connectivity index (χ2n) is 7.49. The van der Waals surface area contributed by atoms with Crippen LogP contribution in [0.3, 0.4) is 0 Å². The Bertz CT molecular complexity index is 1080. The van der Waals surface area contributed by atoms with Gasteiger partial charge in [0, 0.05) is 45.3 Å². The van der Waals surface area contributed by atoms with Crippen LogP contribution in [0.15, 0.2) is 42.6 Å². The molecular weight excluding hydrogens is 405 g/mol. The van der Waals surface area contributed by atoms with Crippen LogP contribution in [0.5, 0.6) is 0 Å². The molecule has 1 aromatic carbocycles. The van der Waals surface area contributed by atoms with E-state index in [1.54, 1.807) is 35.7 Å². The molecule has 9 heteroatoms. The minimum absolute atomic E-state index is 0.0344. The number of amides is 2. The molecule has 4 heterocycles. The van der Waals surface area contributed by atoms with Gasteiger partial charge in [0.05, 0.1) is 11.6 Å². The number of benzene rings is 1. The Labute approximate surface area is 176 Å². The van der Waals surface area contributed by atoms with E-state index in [0.717, 1.165) is 15.5 Å². The lowest BCUT2D eigenvalue weighted by Crippen LogP contribution is -2.50. The summed E-state index contributed by atoms with van der Waals surface area (Å²) in [6.07, 6.45) is 1.88. The summed E-state index contributed by atoms with van der Waals surface area (Å²) in [5, 5.41) is 0.914. The zero-order valence-electron chi connectivity index (χ0n) is 16.2. The minimum Gasteiger partial charge on any atom is -0.344 e. The number of rotatable bonds is 3. The first kappa shape index (κ1) is 18.9. The van der Waals surface area contributed by atoms with Crippen molar-refractivity contribution in [2.24, 2.45) is 5.92 Å². The summed E-state index contributed by atoms with van der Waals surface area (Å²) in [6, 6.07) is 10.00. The Morgan fingerprint density at radius 1 is 1.10 bits per heavy atom. The maximum absolute atomic E-state index is 14.1. The van der Waals surface area contributed by atoms with Gasteiger partial charge in [0.15, 0.2) is 5.13 Å². The molecule has 30 heavy (non-hydrogen) atoms. The van der Waals surface area contributed by atoms with Crippen LogP contribution >= 0.6 is 11.3 Å². The maximum Gasteiger partial charge on any atom is 0.228 e. The number of nitrogens with zero attached hydrogens (tertiary/aromatic N) is 5. The molecular formula is C21H20FN5O2S. The fourth-order valence-corrected chi connectivity index (χ4v) is 5.01. The number of thiazole rings is 1. The molecule has 2 fully saturated rings. The van der Waals surface area contributed by atoms with Crippen molar-refractivity contribution >= 4 is 44.3 Å². The molecule has 2 aromatic heterocycles. The van der Waals surface area contributed by atoms with Gasteiger partial charge in [-0.05, 0) is 24.3 Å². The Hall–Kier alpha value is -3.07. The molecule has 0 bridgehead atoms. The maximum atomic E-state index is 14.1. The van der Waals surface area contributed by atoms with Crippen molar-refractivity contribution in [3.05, 3.63) is 48.4 Å². The van der Waals surface area contributed by atoms with E-state index in [2.05, 4.69) is 14.9 Å². The zero-order chi connectivity index (χ0) is 20.7. The van der Waals surface area contributed by atoms with Gasteiger partial charge in [0.1, 0.15) is 16.2 Å². The van der Waals surface area contributed by atoms with Crippen LogP contribution in [0.2, 0.25) is 0 Å². The van der Waals surface area contributed by atoms with Crippen LogP contribution in [-0.2, 0) is 9.59 Å². The molecule has 0 spiro atoms. The molecule has 1 atom stereocenters. The van der Waals surface area contributed by atoms with E-state index in [4.69, 9.17) is 0 Å². The Kier molecular flexibility index (Phi) is 4.82. The topological polar surface area (TPSA) is 69.6 Å². The molecule has 2 amide bonds. The smallest absolute Gasteiger partial charge is 0.228 e. The summed E-state index contributed by atoms with van der Waals surface area (Å²) in [5.41, 5.74) is 1.13. The van der Waals surface area contributed by atoms with Gasteiger partial charge < -0.3 is 14.7 Å². The van der Waals surface area contributed by atoms with Crippen LogP contribution in [0.1, 0.15) is 6.42 Å². The van der Waals surface area contributed by atoms with Gasteiger partial charge in [0.25, 0.3) is 0 Å². The van der Waals surface area contributed by atoms with Gasteiger partial charge in [-0.1, -0.05) is 23.5 Å². The van der Waals surface area contributed by atoms with E-state index >= 15 is 0 Å². The highest BCUT2D eigenvalue weighted by molar-refractivity contribution is 7.21. The first-order valence-corrected chi connectivity index (χ1v) is 10.7. The lowest BCUT2D eigenvalue weighted by molar-refractivity contribution is -0.136. The number of anilines is 2. The summed E-state index contributed by atoms with van der Waals surface area (Å²) in [5.74, 6) is -1.12. The Morgan fingerprint density at radius 3 is 2.67 bits per heavy atom. The molecule has 2 aliphatic heterocycles. The minimum atomic E-state index is -0.446. The van der Waals surface area contributed by atoms with Crippen molar-refractivity contribution in [2.75, 3.05) is 42.5 Å². The highest BCUT2D eigenvalue weighted by atomic mass is 32.1. The summed E-state index contributed by atoms with van der Waals surface area (Å²) >= 11 is 1.55. The Morgan fingerprint density at radius 2 is 1.90 bits per heavy atom. The van der Waals surface area contributed by atoms with Crippen molar-refractivity contribution in [2.45, 2.75) is 6.42 Å². The number of piperazine rings is 1. The van der Waals surface area contributed by atoms with Gasteiger partial charge in [0.2, 0.25) is 11.8 Å². The molecule has 0 N–H and O–H groups in total. The molecule has 7 nitrogen and oxygen atoms in total. The van der Waals surface area contributed by atoms with Crippen molar-refractivity contribution < 1.29 is 14.0 Å². The summed E-state index contributed by atoms with van der Waals surface area (Å²) in [6.45, 7) is 2.74. The highest BCUT2D eigenvalue weighted by Gasteiger charge is 2.38. The lowest BCUT2D eigenvalue weighted by atomic mass is 10.1. The second-order valence-corrected chi connectivity index (χ2v) is 8.45. The van der Waals surface area contributed by atoms with E-state index in [9.17, 15) is 14.0 Å². The van der Waals surface area contributed by atoms with Gasteiger partial charge >= 0.3 is 0 Å². The number of pyridine rings is 1. The van der Waals surface area contributed by atoms with Crippen molar-refractivity contribution in [3.8, 4) is 0 Å². The highest BCUT2D eigenvalue weighted by Crippen LogP contribution is 2.30. The van der Waals surface area contributed by atoms with E-state index in [1.807, 2.05) is 17.0 Å². The van der Waals surface area contributed by atoms with Gasteiger partial charge in [-0.2, -0.15) is 0 Å². The monoisotopic (exact) mass is 425 g/mol. The molecule has 154 valence electrons. The van der Waals surface area contributed by atoms with Crippen molar-refractivity contribution in [3.63, 3.8) is 0 Å². The number of carbonyl (C=O) groups excluding carboxylic acids is 2. The molecule has 0 aliphatic carbocycles. The zero-order valence-corrected chi connectivity index (χ0v) is 17.0. The van der Waals surface area contributed by atoms with Crippen molar-refractivity contribution in [1.82, 2.24) is 14.9 Å². The third-order valence-corrected chi connectivity index (χ3v) is 6.67. The largest absolute Gasteiger partial charge is 0.344 e. The summed E-state index contributed by atoms with van der Waals surface area (Å²) < 4.78 is 14.1. The van der Waals surface area contributed by atoms with Crippen LogP contribution in [0.4, 0.5) is 15.2 Å². The number of halogens is 1. The molecule has 2 saturated heterocycles. The third-order valence-electron chi connectivity index (χ3n) is 5.63. The van der Waals surface area contributed by atoms with Crippen LogP contribution < -0.4 is 9.80 Å².